The van der Waals surface area contributed by atoms with Crippen molar-refractivity contribution in [2.24, 2.45) is 0 Å². The van der Waals surface area contributed by atoms with E-state index in [0.29, 0.717) is 23.6 Å². The van der Waals surface area contributed by atoms with Crippen molar-refractivity contribution in [2.75, 3.05) is 6.54 Å². The number of carboxylic acids is 1. The van der Waals surface area contributed by atoms with Crippen LogP contribution in [0.15, 0.2) is 54.6 Å². The molecule has 2 aromatic rings. The van der Waals surface area contributed by atoms with Crippen LogP contribution in [0.1, 0.15) is 36.0 Å². The minimum absolute atomic E-state index is 0.0204. The number of carbonyl (C=O) groups excluding carboxylic acids is 1. The second-order valence-corrected chi connectivity index (χ2v) is 6.16. The van der Waals surface area contributed by atoms with Gasteiger partial charge in [0.2, 0.25) is 0 Å². The highest BCUT2D eigenvalue weighted by Gasteiger charge is 2.30. The maximum Gasteiger partial charge on any atom is 0.305 e. The predicted molar refractivity (Wildman–Crippen MR) is 93.9 cm³/mol. The zero-order valence-corrected chi connectivity index (χ0v) is 13.9. The Morgan fingerprint density at radius 2 is 1.76 bits per heavy atom. The van der Waals surface area contributed by atoms with Gasteiger partial charge in [-0.25, -0.2) is 0 Å². The maximum absolute atomic E-state index is 13.1. The molecule has 0 saturated carbocycles. The number of hydrogen-bond donors (Lipinski definition) is 1. The Hall–Kier alpha value is -2.82. The Bertz CT molecular complexity index is 744. The summed E-state index contributed by atoms with van der Waals surface area (Å²) in [6.07, 6.45) is 2.54. The van der Waals surface area contributed by atoms with E-state index < -0.39 is 5.97 Å². The van der Waals surface area contributed by atoms with E-state index >= 15 is 0 Å². The Balaban J connectivity index is 1.85. The second-order valence-electron chi connectivity index (χ2n) is 6.16. The number of benzene rings is 2. The van der Waals surface area contributed by atoms with Crippen molar-refractivity contribution in [3.8, 4) is 11.5 Å². The molecule has 130 valence electrons. The number of amides is 1. The van der Waals surface area contributed by atoms with Crippen molar-refractivity contribution in [1.29, 1.82) is 0 Å². The van der Waals surface area contributed by atoms with Crippen LogP contribution in [-0.4, -0.2) is 34.5 Å². The third-order valence-corrected chi connectivity index (χ3v) is 4.39. The number of rotatable bonds is 5. The summed E-state index contributed by atoms with van der Waals surface area (Å²) in [5.74, 6) is 0.0952. The van der Waals surface area contributed by atoms with Crippen molar-refractivity contribution in [2.45, 2.75) is 31.7 Å². The van der Waals surface area contributed by atoms with Gasteiger partial charge in [-0.2, -0.15) is 0 Å². The third kappa shape index (κ3) is 4.18. The van der Waals surface area contributed by atoms with Crippen LogP contribution in [0, 0.1) is 0 Å². The van der Waals surface area contributed by atoms with Gasteiger partial charge in [-0.05, 0) is 43.5 Å². The average Bonchev–Trinajstić information content (AvgIpc) is 2.62. The SMILES string of the molecule is O=C(O)C[C@H]1CCCCN1C(=O)c1ccccc1Oc1ccccc1. The van der Waals surface area contributed by atoms with Crippen molar-refractivity contribution >= 4 is 11.9 Å². The summed E-state index contributed by atoms with van der Waals surface area (Å²) >= 11 is 0. The number of piperidine rings is 1. The van der Waals surface area contributed by atoms with Crippen LogP contribution in [0.25, 0.3) is 0 Å². The first-order valence-corrected chi connectivity index (χ1v) is 8.50. The lowest BCUT2D eigenvalue weighted by atomic mass is 9.98. The minimum atomic E-state index is -0.876. The normalized spacial score (nSPS) is 17.1. The first-order chi connectivity index (χ1) is 12.1. The topological polar surface area (TPSA) is 66.8 Å². The predicted octanol–water partition coefficient (Wildman–Crippen LogP) is 3.95. The van der Waals surface area contributed by atoms with Crippen molar-refractivity contribution in [3.05, 3.63) is 60.2 Å². The Morgan fingerprint density at radius 3 is 2.52 bits per heavy atom. The standard InChI is InChI=1S/C20H21NO4/c22-19(23)14-15-8-6-7-13-21(15)20(24)17-11-4-5-12-18(17)25-16-9-2-1-3-10-16/h1-5,9-12,15H,6-8,13-14H2,(H,22,23)/t15-/m1/s1. The molecule has 5 heteroatoms. The number of para-hydroxylation sites is 2. The van der Waals surface area contributed by atoms with Gasteiger partial charge in [0.1, 0.15) is 11.5 Å². The quantitative estimate of drug-likeness (QED) is 0.896. The molecule has 1 aliphatic heterocycles. The highest BCUT2D eigenvalue weighted by molar-refractivity contribution is 5.97. The van der Waals surface area contributed by atoms with Crippen LogP contribution in [-0.2, 0) is 4.79 Å². The molecule has 0 unspecified atom stereocenters. The molecule has 0 radical (unpaired) electrons. The molecule has 1 atom stereocenters. The summed E-state index contributed by atoms with van der Waals surface area (Å²) in [5.41, 5.74) is 0.462. The monoisotopic (exact) mass is 339 g/mol. The molecule has 0 bridgehead atoms. The van der Waals surface area contributed by atoms with E-state index in [0.717, 1.165) is 19.3 Å². The fourth-order valence-electron chi connectivity index (χ4n) is 3.18. The fraction of sp³-hybridized carbons (Fsp3) is 0.300. The van der Waals surface area contributed by atoms with Gasteiger partial charge in [-0.1, -0.05) is 30.3 Å². The summed E-state index contributed by atoms with van der Waals surface area (Å²) in [6, 6.07) is 16.1. The van der Waals surface area contributed by atoms with E-state index in [1.807, 2.05) is 36.4 Å². The molecule has 1 aliphatic rings. The first-order valence-electron chi connectivity index (χ1n) is 8.50. The van der Waals surface area contributed by atoms with Crippen molar-refractivity contribution in [3.63, 3.8) is 0 Å². The summed E-state index contributed by atoms with van der Waals surface area (Å²) in [5, 5.41) is 9.12. The lowest BCUT2D eigenvalue weighted by molar-refractivity contribution is -0.138. The van der Waals surface area contributed by atoms with E-state index in [-0.39, 0.29) is 18.4 Å². The summed E-state index contributed by atoms with van der Waals surface area (Å²) in [6.45, 7) is 0.580. The van der Waals surface area contributed by atoms with Crippen LogP contribution < -0.4 is 4.74 Å². The molecule has 5 nitrogen and oxygen atoms in total. The lowest BCUT2D eigenvalue weighted by Gasteiger charge is -2.35. The molecule has 3 rings (SSSR count). The summed E-state index contributed by atoms with van der Waals surface area (Å²) in [4.78, 5) is 25.9. The zero-order chi connectivity index (χ0) is 17.6. The van der Waals surface area contributed by atoms with Gasteiger partial charge in [-0.3, -0.25) is 9.59 Å². The third-order valence-electron chi connectivity index (χ3n) is 4.39. The number of nitrogens with zero attached hydrogens (tertiary/aromatic N) is 1. The zero-order valence-electron chi connectivity index (χ0n) is 13.9. The van der Waals surface area contributed by atoms with Gasteiger partial charge in [0.25, 0.3) is 5.91 Å². The molecule has 1 heterocycles. The molecule has 0 aromatic heterocycles. The highest BCUT2D eigenvalue weighted by Crippen LogP contribution is 2.29. The smallest absolute Gasteiger partial charge is 0.305 e. The number of hydrogen-bond acceptors (Lipinski definition) is 3. The number of carbonyl (C=O) groups is 2. The molecule has 25 heavy (non-hydrogen) atoms. The largest absolute Gasteiger partial charge is 0.481 e. The van der Waals surface area contributed by atoms with Gasteiger partial charge >= 0.3 is 5.97 Å². The van der Waals surface area contributed by atoms with Crippen LogP contribution in [0.3, 0.4) is 0 Å². The number of ether oxygens (including phenoxy) is 1. The van der Waals surface area contributed by atoms with Crippen LogP contribution in [0.4, 0.5) is 0 Å². The van der Waals surface area contributed by atoms with Gasteiger partial charge in [0.05, 0.1) is 12.0 Å². The molecule has 1 saturated heterocycles. The molecular weight excluding hydrogens is 318 g/mol. The molecular formula is C20H21NO4. The Morgan fingerprint density at radius 1 is 1.04 bits per heavy atom. The minimum Gasteiger partial charge on any atom is -0.481 e. The molecule has 1 amide bonds. The van der Waals surface area contributed by atoms with Gasteiger partial charge < -0.3 is 14.7 Å². The van der Waals surface area contributed by atoms with Crippen molar-refractivity contribution < 1.29 is 19.4 Å². The number of likely N-dealkylation sites (tertiary alicyclic amines) is 1. The van der Waals surface area contributed by atoms with E-state index in [2.05, 4.69) is 0 Å². The van der Waals surface area contributed by atoms with E-state index in [4.69, 9.17) is 9.84 Å². The first kappa shape index (κ1) is 17.0. The summed E-state index contributed by atoms with van der Waals surface area (Å²) < 4.78 is 5.87. The van der Waals surface area contributed by atoms with Crippen molar-refractivity contribution in [1.82, 2.24) is 4.90 Å². The highest BCUT2D eigenvalue weighted by atomic mass is 16.5. The molecule has 2 aromatic carbocycles. The number of carboxylic acid groups (broad SMARTS) is 1. The average molecular weight is 339 g/mol. The second kappa shape index (κ2) is 7.83. The molecule has 0 aliphatic carbocycles. The van der Waals surface area contributed by atoms with Gasteiger partial charge in [0, 0.05) is 12.6 Å². The number of aliphatic carboxylic acids is 1. The lowest BCUT2D eigenvalue weighted by Crippen LogP contribution is -2.44. The Kier molecular flexibility index (Phi) is 5.33. The van der Waals surface area contributed by atoms with Crippen LogP contribution in [0.5, 0.6) is 11.5 Å². The molecule has 1 N–H and O–H groups in total. The van der Waals surface area contributed by atoms with Crippen LogP contribution >= 0.6 is 0 Å². The fourth-order valence-corrected chi connectivity index (χ4v) is 3.18. The maximum atomic E-state index is 13.1. The Labute approximate surface area is 146 Å². The van der Waals surface area contributed by atoms with Gasteiger partial charge in [0.15, 0.2) is 0 Å². The van der Waals surface area contributed by atoms with E-state index in [1.54, 1.807) is 23.1 Å². The molecule has 0 spiro atoms. The van der Waals surface area contributed by atoms with E-state index in [9.17, 15) is 9.59 Å². The van der Waals surface area contributed by atoms with Gasteiger partial charge in [-0.15, -0.1) is 0 Å². The van der Waals surface area contributed by atoms with Crippen LogP contribution in [0.2, 0.25) is 0 Å². The molecule has 1 fully saturated rings. The summed E-state index contributed by atoms with van der Waals surface area (Å²) in [7, 11) is 0. The van der Waals surface area contributed by atoms with E-state index in [1.165, 1.54) is 0 Å².